The lowest BCUT2D eigenvalue weighted by atomic mass is 10.2. The van der Waals surface area contributed by atoms with E-state index in [-0.39, 0.29) is 5.82 Å². The van der Waals surface area contributed by atoms with Gasteiger partial charge in [-0.15, -0.1) is 23.5 Å². The molecule has 4 heteroatoms. The molecule has 1 fully saturated rings. The van der Waals surface area contributed by atoms with Crippen LogP contribution in [0.5, 0.6) is 5.75 Å². The van der Waals surface area contributed by atoms with Crippen LogP contribution in [-0.4, -0.2) is 18.6 Å². The van der Waals surface area contributed by atoms with Crippen LogP contribution in [0.15, 0.2) is 18.2 Å². The van der Waals surface area contributed by atoms with Crippen LogP contribution in [0.1, 0.15) is 10.1 Å². The standard InChI is InChI=1S/C10H11FOS2/c1-12-9-3-2-7(11)6-8(9)10-13-4-5-14-10/h2-3,6,10H,4-5H2,1H3. The van der Waals surface area contributed by atoms with Gasteiger partial charge in [-0.3, -0.25) is 0 Å². The van der Waals surface area contributed by atoms with Crippen LogP contribution in [0, 0.1) is 5.82 Å². The van der Waals surface area contributed by atoms with Crippen molar-refractivity contribution < 1.29 is 9.13 Å². The van der Waals surface area contributed by atoms with Crippen molar-refractivity contribution in [2.24, 2.45) is 0 Å². The lowest BCUT2D eigenvalue weighted by Crippen LogP contribution is -1.93. The Bertz CT molecular complexity index is 324. The van der Waals surface area contributed by atoms with Crippen molar-refractivity contribution in [3.63, 3.8) is 0 Å². The van der Waals surface area contributed by atoms with Crippen molar-refractivity contribution in [3.05, 3.63) is 29.6 Å². The molecule has 0 amide bonds. The zero-order valence-corrected chi connectivity index (χ0v) is 9.46. The molecule has 0 N–H and O–H groups in total. The summed E-state index contributed by atoms with van der Waals surface area (Å²) in [6.45, 7) is 0. The zero-order valence-electron chi connectivity index (χ0n) is 7.83. The lowest BCUT2D eigenvalue weighted by molar-refractivity contribution is 0.410. The molecule has 1 nitrogen and oxygen atoms in total. The minimum absolute atomic E-state index is 0.186. The number of ether oxygens (including phenoxy) is 1. The van der Waals surface area contributed by atoms with Crippen LogP contribution >= 0.6 is 23.5 Å². The molecular formula is C10H11FOS2. The molecule has 1 saturated heterocycles. The van der Waals surface area contributed by atoms with E-state index in [4.69, 9.17) is 4.74 Å². The number of thioether (sulfide) groups is 2. The van der Waals surface area contributed by atoms with Crippen molar-refractivity contribution in [2.75, 3.05) is 18.6 Å². The summed E-state index contributed by atoms with van der Waals surface area (Å²) >= 11 is 3.70. The van der Waals surface area contributed by atoms with Gasteiger partial charge in [0.05, 0.1) is 11.7 Å². The monoisotopic (exact) mass is 230 g/mol. The molecule has 1 aromatic carbocycles. The third-order valence-electron chi connectivity index (χ3n) is 2.07. The smallest absolute Gasteiger partial charge is 0.124 e. The maximum absolute atomic E-state index is 13.1. The maximum Gasteiger partial charge on any atom is 0.124 e. The predicted molar refractivity (Wildman–Crippen MR) is 60.6 cm³/mol. The largest absolute Gasteiger partial charge is 0.496 e. The SMILES string of the molecule is COc1ccc(F)cc1C1SCCS1. The molecule has 0 unspecified atom stereocenters. The summed E-state index contributed by atoms with van der Waals surface area (Å²) in [6, 6.07) is 4.71. The van der Waals surface area contributed by atoms with Crippen LogP contribution in [0.4, 0.5) is 4.39 Å². The summed E-state index contributed by atoms with van der Waals surface area (Å²) in [5.41, 5.74) is 0.972. The Balaban J connectivity index is 2.33. The Kier molecular flexibility index (Phi) is 3.23. The zero-order chi connectivity index (χ0) is 9.97. The highest BCUT2D eigenvalue weighted by atomic mass is 32.2. The van der Waals surface area contributed by atoms with E-state index in [2.05, 4.69) is 0 Å². The molecule has 0 aliphatic carbocycles. The Labute approximate surface area is 91.4 Å². The summed E-state index contributed by atoms with van der Waals surface area (Å²) in [5, 5.41) is 0. The van der Waals surface area contributed by atoms with Crippen molar-refractivity contribution in [1.29, 1.82) is 0 Å². The van der Waals surface area contributed by atoms with Gasteiger partial charge in [-0.05, 0) is 18.2 Å². The summed E-state index contributed by atoms with van der Waals surface area (Å²) in [6.07, 6.45) is 0. The van der Waals surface area contributed by atoms with Crippen LogP contribution in [0.3, 0.4) is 0 Å². The van der Waals surface area contributed by atoms with E-state index in [9.17, 15) is 4.39 Å². The van der Waals surface area contributed by atoms with Gasteiger partial charge >= 0.3 is 0 Å². The fourth-order valence-corrected chi connectivity index (χ4v) is 4.32. The highest BCUT2D eigenvalue weighted by molar-refractivity contribution is 8.19. The van der Waals surface area contributed by atoms with Crippen LogP contribution < -0.4 is 4.74 Å². The molecule has 0 atom stereocenters. The average molecular weight is 230 g/mol. The fraction of sp³-hybridized carbons (Fsp3) is 0.400. The molecule has 0 saturated carbocycles. The first-order chi connectivity index (χ1) is 6.81. The van der Waals surface area contributed by atoms with Crippen LogP contribution in [-0.2, 0) is 0 Å². The average Bonchev–Trinajstić information content (AvgIpc) is 2.70. The number of rotatable bonds is 2. The molecule has 0 bridgehead atoms. The second-order valence-electron chi connectivity index (χ2n) is 2.96. The number of halogens is 1. The van der Waals surface area contributed by atoms with Crippen molar-refractivity contribution >= 4 is 23.5 Å². The topological polar surface area (TPSA) is 9.23 Å². The molecule has 1 aliphatic heterocycles. The van der Waals surface area contributed by atoms with E-state index < -0.39 is 0 Å². The minimum atomic E-state index is -0.186. The van der Waals surface area contributed by atoms with E-state index in [1.165, 1.54) is 6.07 Å². The molecule has 14 heavy (non-hydrogen) atoms. The molecule has 0 aromatic heterocycles. The van der Waals surface area contributed by atoms with Gasteiger partial charge in [0.25, 0.3) is 0 Å². The van der Waals surface area contributed by atoms with Gasteiger partial charge in [0.15, 0.2) is 0 Å². The highest BCUT2D eigenvalue weighted by Gasteiger charge is 2.22. The molecule has 0 radical (unpaired) electrons. The van der Waals surface area contributed by atoms with E-state index in [1.807, 2.05) is 23.5 Å². The van der Waals surface area contributed by atoms with Crippen molar-refractivity contribution in [1.82, 2.24) is 0 Å². The van der Waals surface area contributed by atoms with Gasteiger partial charge in [-0.2, -0.15) is 0 Å². The minimum Gasteiger partial charge on any atom is -0.496 e. The Morgan fingerprint density at radius 1 is 1.36 bits per heavy atom. The highest BCUT2D eigenvalue weighted by Crippen LogP contribution is 2.48. The summed E-state index contributed by atoms with van der Waals surface area (Å²) in [7, 11) is 1.63. The first-order valence-corrected chi connectivity index (χ1v) is 6.47. The molecule has 2 rings (SSSR count). The predicted octanol–water partition coefficient (Wildman–Crippen LogP) is 3.31. The second-order valence-corrected chi connectivity index (χ2v) is 5.68. The molecule has 76 valence electrons. The Morgan fingerprint density at radius 3 is 2.71 bits per heavy atom. The number of methoxy groups -OCH3 is 1. The number of hydrogen-bond donors (Lipinski definition) is 0. The van der Waals surface area contributed by atoms with Crippen LogP contribution in [0.25, 0.3) is 0 Å². The maximum atomic E-state index is 13.1. The normalized spacial score (nSPS) is 17.3. The van der Waals surface area contributed by atoms with E-state index in [0.717, 1.165) is 22.8 Å². The van der Waals surface area contributed by atoms with Gasteiger partial charge < -0.3 is 4.74 Å². The molecule has 0 spiro atoms. The number of benzene rings is 1. The van der Waals surface area contributed by atoms with Crippen molar-refractivity contribution in [3.8, 4) is 5.75 Å². The van der Waals surface area contributed by atoms with Gasteiger partial charge in [0.2, 0.25) is 0 Å². The Morgan fingerprint density at radius 2 is 2.07 bits per heavy atom. The van der Waals surface area contributed by atoms with Gasteiger partial charge in [-0.25, -0.2) is 4.39 Å². The van der Waals surface area contributed by atoms with E-state index >= 15 is 0 Å². The quantitative estimate of drug-likeness (QED) is 0.771. The third-order valence-corrected chi connectivity index (χ3v) is 5.14. The molecule has 1 aromatic rings. The van der Waals surface area contributed by atoms with Gasteiger partial charge in [0.1, 0.15) is 11.6 Å². The fourth-order valence-electron chi connectivity index (χ4n) is 1.43. The van der Waals surface area contributed by atoms with Crippen LogP contribution in [0.2, 0.25) is 0 Å². The summed E-state index contributed by atoms with van der Waals surface area (Å²) in [4.78, 5) is 0. The first kappa shape index (κ1) is 10.2. The number of hydrogen-bond acceptors (Lipinski definition) is 3. The molecule has 1 aliphatic rings. The van der Waals surface area contributed by atoms with Gasteiger partial charge in [-0.1, -0.05) is 0 Å². The lowest BCUT2D eigenvalue weighted by Gasteiger charge is -2.12. The third kappa shape index (κ3) is 2.01. The van der Waals surface area contributed by atoms with Crippen molar-refractivity contribution in [2.45, 2.75) is 4.58 Å². The van der Waals surface area contributed by atoms with E-state index in [0.29, 0.717) is 4.58 Å². The second kappa shape index (κ2) is 4.45. The first-order valence-electron chi connectivity index (χ1n) is 4.38. The summed E-state index contributed by atoms with van der Waals surface area (Å²) in [5.74, 6) is 2.87. The summed E-state index contributed by atoms with van der Waals surface area (Å²) < 4.78 is 18.6. The molecule has 1 heterocycles. The molecular weight excluding hydrogens is 219 g/mol. The van der Waals surface area contributed by atoms with E-state index in [1.54, 1.807) is 19.2 Å². The van der Waals surface area contributed by atoms with Gasteiger partial charge in [0, 0.05) is 17.1 Å². The Hall–Kier alpha value is -0.350.